The van der Waals surface area contributed by atoms with Gasteiger partial charge in [-0.3, -0.25) is 0 Å². The number of halogens is 1. The molecule has 2 rings (SSSR count). The van der Waals surface area contributed by atoms with Crippen LogP contribution in [-0.2, 0) is 0 Å². The predicted octanol–water partition coefficient (Wildman–Crippen LogP) is 5.21. The van der Waals surface area contributed by atoms with Crippen LogP contribution in [0, 0.1) is 11.3 Å². The molecule has 1 aliphatic carbocycles. The molecule has 0 radical (unpaired) electrons. The fourth-order valence-corrected chi connectivity index (χ4v) is 3.73. The van der Waals surface area contributed by atoms with E-state index in [1.54, 1.807) is 0 Å². The normalized spacial score (nSPS) is 28.1. The molecule has 3 atom stereocenters. The lowest BCUT2D eigenvalue weighted by atomic mass is 9.70. The Hall–Kier alpha value is -0.530. The third-order valence-corrected chi connectivity index (χ3v) is 4.87. The van der Waals surface area contributed by atoms with Gasteiger partial charge in [0.1, 0.15) is 0 Å². The molecule has 1 N–H and O–H groups in total. The number of benzene rings is 1. The summed E-state index contributed by atoms with van der Waals surface area (Å²) < 4.78 is 0. The first kappa shape index (κ1) is 14.9. The molecule has 106 valence electrons. The maximum absolute atomic E-state index is 6.28. The Morgan fingerprint density at radius 2 is 2.00 bits per heavy atom. The van der Waals surface area contributed by atoms with Gasteiger partial charge in [0, 0.05) is 17.1 Å². The maximum Gasteiger partial charge on any atom is 0.0453 e. The van der Waals surface area contributed by atoms with Gasteiger partial charge in [-0.25, -0.2) is 0 Å². The molecule has 1 aromatic carbocycles. The Morgan fingerprint density at radius 1 is 1.32 bits per heavy atom. The van der Waals surface area contributed by atoms with Crippen LogP contribution in [0.1, 0.15) is 58.6 Å². The van der Waals surface area contributed by atoms with Crippen LogP contribution in [0.25, 0.3) is 0 Å². The molecule has 1 aliphatic rings. The third-order valence-electron chi connectivity index (χ3n) is 4.53. The molecule has 0 bridgehead atoms. The quantitative estimate of drug-likeness (QED) is 0.801. The summed E-state index contributed by atoms with van der Waals surface area (Å²) in [6, 6.07) is 9.08. The smallest absolute Gasteiger partial charge is 0.0453 e. The number of nitrogens with one attached hydrogen (secondary N) is 1. The van der Waals surface area contributed by atoms with E-state index in [2.05, 4.69) is 45.1 Å². The summed E-state index contributed by atoms with van der Waals surface area (Å²) in [5, 5.41) is 4.65. The second-order valence-electron chi connectivity index (χ2n) is 6.90. The van der Waals surface area contributed by atoms with Crippen LogP contribution in [-0.4, -0.2) is 6.04 Å². The second-order valence-corrected chi connectivity index (χ2v) is 7.31. The predicted molar refractivity (Wildman–Crippen MR) is 83.6 cm³/mol. The summed E-state index contributed by atoms with van der Waals surface area (Å²) in [5.41, 5.74) is 1.71. The Morgan fingerprint density at radius 3 is 2.63 bits per heavy atom. The molecule has 1 nitrogen and oxygen atoms in total. The summed E-state index contributed by atoms with van der Waals surface area (Å²) in [7, 11) is 0. The molecule has 1 fully saturated rings. The van der Waals surface area contributed by atoms with E-state index in [0.717, 1.165) is 10.9 Å². The van der Waals surface area contributed by atoms with Crippen LogP contribution in [0.4, 0.5) is 0 Å². The molecule has 2 heteroatoms. The van der Waals surface area contributed by atoms with E-state index in [0.29, 0.717) is 17.5 Å². The van der Waals surface area contributed by atoms with E-state index in [1.807, 2.05) is 12.1 Å². The van der Waals surface area contributed by atoms with E-state index in [1.165, 1.54) is 24.8 Å². The average Bonchev–Trinajstić information content (AvgIpc) is 2.32. The van der Waals surface area contributed by atoms with Gasteiger partial charge in [-0.2, -0.15) is 0 Å². The van der Waals surface area contributed by atoms with E-state index < -0.39 is 0 Å². The molecule has 19 heavy (non-hydrogen) atoms. The van der Waals surface area contributed by atoms with Crippen LogP contribution in [0.5, 0.6) is 0 Å². The molecule has 1 saturated carbocycles. The Labute approximate surface area is 122 Å². The van der Waals surface area contributed by atoms with Gasteiger partial charge in [0.25, 0.3) is 0 Å². The van der Waals surface area contributed by atoms with Crippen molar-refractivity contribution in [3.63, 3.8) is 0 Å². The lowest BCUT2D eigenvalue weighted by molar-refractivity contribution is 0.143. The molecule has 0 spiro atoms. The van der Waals surface area contributed by atoms with Crippen molar-refractivity contribution in [2.45, 2.75) is 59.0 Å². The first-order valence-corrected chi connectivity index (χ1v) is 7.77. The van der Waals surface area contributed by atoms with Gasteiger partial charge in [0.2, 0.25) is 0 Å². The van der Waals surface area contributed by atoms with Crippen molar-refractivity contribution < 1.29 is 0 Å². The topological polar surface area (TPSA) is 12.0 Å². The van der Waals surface area contributed by atoms with Crippen LogP contribution >= 0.6 is 11.6 Å². The van der Waals surface area contributed by atoms with Gasteiger partial charge in [0.15, 0.2) is 0 Å². The standard InChI is InChI=1S/C17H26ClN/c1-12-11-17(3,4)10-9-16(12)19-13(2)14-7-5-6-8-15(14)18/h5-8,12-13,16,19H,9-11H2,1-4H3/t12?,13-,16?/m1/s1. The fourth-order valence-electron chi connectivity index (χ4n) is 3.43. The van der Waals surface area contributed by atoms with E-state index in [-0.39, 0.29) is 0 Å². The van der Waals surface area contributed by atoms with E-state index in [4.69, 9.17) is 11.6 Å². The van der Waals surface area contributed by atoms with Crippen LogP contribution in [0.2, 0.25) is 5.02 Å². The number of rotatable bonds is 3. The van der Waals surface area contributed by atoms with Gasteiger partial charge >= 0.3 is 0 Å². The zero-order valence-electron chi connectivity index (χ0n) is 12.5. The maximum atomic E-state index is 6.28. The molecule has 0 aromatic heterocycles. The number of hydrogen-bond donors (Lipinski definition) is 1. The monoisotopic (exact) mass is 279 g/mol. The third kappa shape index (κ3) is 3.73. The molecule has 1 aromatic rings. The van der Waals surface area contributed by atoms with Gasteiger partial charge in [0.05, 0.1) is 0 Å². The highest BCUT2D eigenvalue weighted by Gasteiger charge is 2.32. The Kier molecular flexibility index (Phi) is 4.58. The summed E-state index contributed by atoms with van der Waals surface area (Å²) in [4.78, 5) is 0. The van der Waals surface area contributed by atoms with Gasteiger partial charge < -0.3 is 5.32 Å². The highest BCUT2D eigenvalue weighted by Crippen LogP contribution is 2.39. The summed E-state index contributed by atoms with van der Waals surface area (Å²) in [5.74, 6) is 0.730. The average molecular weight is 280 g/mol. The van der Waals surface area contributed by atoms with E-state index in [9.17, 15) is 0 Å². The molecule has 0 heterocycles. The van der Waals surface area contributed by atoms with Crippen molar-refractivity contribution >= 4 is 11.6 Å². The van der Waals surface area contributed by atoms with E-state index >= 15 is 0 Å². The summed E-state index contributed by atoms with van der Waals surface area (Å²) in [6.07, 6.45) is 3.88. The lowest BCUT2D eigenvalue weighted by Crippen LogP contribution is -2.42. The molecule has 0 amide bonds. The molecular formula is C17H26ClN. The van der Waals surface area contributed by atoms with Crippen molar-refractivity contribution in [1.29, 1.82) is 0 Å². The SMILES string of the molecule is CC1CC(C)(C)CCC1N[C@H](C)c1ccccc1Cl. The fraction of sp³-hybridized carbons (Fsp3) is 0.647. The minimum absolute atomic E-state index is 0.322. The highest BCUT2D eigenvalue weighted by molar-refractivity contribution is 6.31. The van der Waals surface area contributed by atoms with Crippen LogP contribution < -0.4 is 5.32 Å². The minimum atomic E-state index is 0.322. The van der Waals surface area contributed by atoms with Crippen molar-refractivity contribution in [3.8, 4) is 0 Å². The van der Waals surface area contributed by atoms with Crippen LogP contribution in [0.15, 0.2) is 24.3 Å². The zero-order chi connectivity index (χ0) is 14.0. The number of hydrogen-bond acceptors (Lipinski definition) is 1. The van der Waals surface area contributed by atoms with Crippen LogP contribution in [0.3, 0.4) is 0 Å². The molecular weight excluding hydrogens is 254 g/mol. The first-order chi connectivity index (χ1) is 8.89. The Balaban J connectivity index is 2.00. The minimum Gasteiger partial charge on any atom is -0.307 e. The van der Waals surface area contributed by atoms with Gasteiger partial charge in [-0.1, -0.05) is 50.6 Å². The second kappa shape index (κ2) is 5.85. The molecule has 2 unspecified atom stereocenters. The van der Waals surface area contributed by atoms with Crippen molar-refractivity contribution in [2.75, 3.05) is 0 Å². The molecule has 0 aliphatic heterocycles. The van der Waals surface area contributed by atoms with Crippen molar-refractivity contribution in [1.82, 2.24) is 5.32 Å². The van der Waals surface area contributed by atoms with Gasteiger partial charge in [-0.05, 0) is 49.1 Å². The first-order valence-electron chi connectivity index (χ1n) is 7.39. The largest absolute Gasteiger partial charge is 0.307 e. The van der Waals surface area contributed by atoms with Gasteiger partial charge in [-0.15, -0.1) is 0 Å². The van der Waals surface area contributed by atoms with Crippen molar-refractivity contribution in [2.24, 2.45) is 11.3 Å². The highest BCUT2D eigenvalue weighted by atomic mass is 35.5. The zero-order valence-corrected chi connectivity index (χ0v) is 13.3. The summed E-state index contributed by atoms with van der Waals surface area (Å²) >= 11 is 6.28. The Bertz CT molecular complexity index is 427. The lowest BCUT2D eigenvalue weighted by Gasteiger charge is -2.41. The molecule has 0 saturated heterocycles. The summed E-state index contributed by atoms with van der Waals surface area (Å²) in [6.45, 7) is 9.36. The van der Waals surface area contributed by atoms with Crippen molar-refractivity contribution in [3.05, 3.63) is 34.9 Å².